The minimum absolute atomic E-state index is 0.270. The zero-order chi connectivity index (χ0) is 25.0. The van der Waals surface area contributed by atoms with Gasteiger partial charge >= 0.3 is 11.9 Å². The molecule has 0 radical (unpaired) electrons. The topological polar surface area (TPSA) is 108 Å². The Kier molecular flexibility index (Phi) is 5.73. The number of ether oxygens (including phenoxy) is 2. The Bertz CT molecular complexity index is 1240. The van der Waals surface area contributed by atoms with E-state index in [-0.39, 0.29) is 5.56 Å². The summed E-state index contributed by atoms with van der Waals surface area (Å²) in [6, 6.07) is 8.85. The molecule has 11 heteroatoms. The van der Waals surface area contributed by atoms with Crippen molar-refractivity contribution < 1.29 is 28.4 Å². The van der Waals surface area contributed by atoms with Crippen LogP contribution in [0.15, 0.2) is 59.3 Å². The fourth-order valence-corrected chi connectivity index (χ4v) is 6.80. The van der Waals surface area contributed by atoms with Gasteiger partial charge in [-0.1, -0.05) is 24.3 Å². The lowest BCUT2D eigenvalue weighted by molar-refractivity contribution is -0.539. The summed E-state index contributed by atoms with van der Waals surface area (Å²) in [6.45, 7) is 2.86. The third kappa shape index (κ3) is 3.74. The number of halogens is 1. The largest absolute Gasteiger partial charge is 0.422 e. The monoisotopic (exact) mass is 516 g/mol. The summed E-state index contributed by atoms with van der Waals surface area (Å²) in [6.07, 6.45) is 0. The van der Waals surface area contributed by atoms with Gasteiger partial charge in [-0.25, -0.2) is 4.39 Å². The molecular formula is C24H21FN2O6S2. The maximum atomic E-state index is 13.9. The molecule has 4 atom stereocenters. The fraction of sp³-hybridized carbons (Fsp3) is 0.333. The number of benzene rings is 1. The van der Waals surface area contributed by atoms with Gasteiger partial charge in [0.25, 0.3) is 5.79 Å². The molecule has 182 valence electrons. The normalized spacial score (nSPS) is 27.3. The van der Waals surface area contributed by atoms with Gasteiger partial charge in [-0.15, -0.1) is 22.7 Å². The van der Waals surface area contributed by atoms with E-state index < -0.39 is 57.9 Å². The van der Waals surface area contributed by atoms with Crippen LogP contribution in [-0.2, 0) is 19.1 Å². The maximum absolute atomic E-state index is 13.9. The second kappa shape index (κ2) is 8.51. The van der Waals surface area contributed by atoms with Crippen LogP contribution in [0.4, 0.5) is 4.39 Å². The third-order valence-corrected chi connectivity index (χ3v) is 8.37. The van der Waals surface area contributed by atoms with Crippen LogP contribution >= 0.6 is 22.7 Å². The molecule has 8 nitrogen and oxygen atoms in total. The van der Waals surface area contributed by atoms with E-state index in [1.165, 1.54) is 48.7 Å². The van der Waals surface area contributed by atoms with Crippen molar-refractivity contribution in [2.45, 2.75) is 43.7 Å². The van der Waals surface area contributed by atoms with Crippen LogP contribution in [0.5, 0.6) is 0 Å². The van der Waals surface area contributed by atoms with Gasteiger partial charge in [0.05, 0.1) is 12.0 Å². The van der Waals surface area contributed by atoms with Crippen molar-refractivity contribution in [1.29, 1.82) is 0 Å². The molecule has 2 aromatic heterocycles. The Hall–Kier alpha value is -3.15. The first-order chi connectivity index (χ1) is 16.6. The van der Waals surface area contributed by atoms with E-state index in [1.54, 1.807) is 35.0 Å². The van der Waals surface area contributed by atoms with Gasteiger partial charge < -0.3 is 9.47 Å². The second-order valence-corrected chi connectivity index (χ2v) is 10.9. The van der Waals surface area contributed by atoms with E-state index in [1.807, 2.05) is 0 Å². The second-order valence-electron chi connectivity index (χ2n) is 8.96. The van der Waals surface area contributed by atoms with Crippen molar-refractivity contribution in [3.63, 3.8) is 0 Å². The first-order valence-electron chi connectivity index (χ1n) is 10.8. The maximum Gasteiger partial charge on any atom is 0.329 e. The van der Waals surface area contributed by atoms with E-state index in [4.69, 9.17) is 9.47 Å². The van der Waals surface area contributed by atoms with E-state index in [9.17, 15) is 24.1 Å². The summed E-state index contributed by atoms with van der Waals surface area (Å²) >= 11 is 2.64. The number of esters is 2. The molecule has 1 N–H and O–H groups in total. The molecule has 4 unspecified atom stereocenters. The van der Waals surface area contributed by atoms with Gasteiger partial charge in [-0.2, -0.15) is 0 Å². The highest BCUT2D eigenvalue weighted by Crippen LogP contribution is 2.59. The standard InChI is InChI=1S/C24H21FN2O6S2/c1-23(2)32-21(28)24(22(29)33-23)17(13-7-9-14(25)10-8-13)19(27(30)31)18(15-5-3-11-34-15)26-20(24)16-6-4-12-35-16/h3-12,17-20,26H,1-2H3. The number of nitrogens with one attached hydrogen (secondary N) is 1. The minimum atomic E-state index is -2.12. The van der Waals surface area contributed by atoms with Crippen LogP contribution in [0.3, 0.4) is 0 Å². The molecule has 2 fully saturated rings. The first kappa shape index (κ1) is 23.6. The number of hydrogen-bond acceptors (Lipinski definition) is 9. The third-order valence-electron chi connectivity index (χ3n) is 6.48. The Labute approximate surface area is 207 Å². The number of nitrogens with zero attached hydrogens (tertiary/aromatic N) is 1. The van der Waals surface area contributed by atoms with Crippen molar-refractivity contribution in [3.8, 4) is 0 Å². The van der Waals surface area contributed by atoms with Gasteiger partial charge in [-0.05, 0) is 40.6 Å². The Morgan fingerprint density at radius 3 is 2.06 bits per heavy atom. The number of carbonyl (C=O) groups is 2. The van der Waals surface area contributed by atoms with Crippen molar-refractivity contribution in [2.24, 2.45) is 5.41 Å². The van der Waals surface area contributed by atoms with Gasteiger partial charge in [-0.3, -0.25) is 25.0 Å². The van der Waals surface area contributed by atoms with Crippen LogP contribution in [0.2, 0.25) is 0 Å². The van der Waals surface area contributed by atoms with Gasteiger partial charge in [0.2, 0.25) is 6.04 Å². The predicted octanol–water partition coefficient (Wildman–Crippen LogP) is 4.59. The lowest BCUT2D eigenvalue weighted by atomic mass is 9.59. The molecule has 2 aliphatic rings. The van der Waals surface area contributed by atoms with Crippen molar-refractivity contribution in [3.05, 3.63) is 90.5 Å². The smallest absolute Gasteiger partial charge is 0.329 e. The summed E-state index contributed by atoms with van der Waals surface area (Å²) in [7, 11) is 0. The van der Waals surface area contributed by atoms with E-state index in [0.29, 0.717) is 9.75 Å². The summed E-state index contributed by atoms with van der Waals surface area (Å²) in [5, 5.41) is 19.5. The quantitative estimate of drug-likeness (QED) is 0.234. The number of carbonyl (C=O) groups excluding carboxylic acids is 2. The molecule has 0 amide bonds. The van der Waals surface area contributed by atoms with Crippen molar-refractivity contribution in [2.75, 3.05) is 0 Å². The lowest BCUT2D eigenvalue weighted by Gasteiger charge is -2.52. The molecule has 2 saturated heterocycles. The van der Waals surface area contributed by atoms with E-state index >= 15 is 0 Å². The average molecular weight is 517 g/mol. The number of hydrogen-bond donors (Lipinski definition) is 1. The molecule has 35 heavy (non-hydrogen) atoms. The summed E-state index contributed by atoms with van der Waals surface area (Å²) in [5.41, 5.74) is -1.85. The zero-order valence-electron chi connectivity index (χ0n) is 18.7. The Morgan fingerprint density at radius 2 is 1.54 bits per heavy atom. The molecule has 0 bridgehead atoms. The van der Waals surface area contributed by atoms with Gasteiger partial charge in [0.1, 0.15) is 11.9 Å². The summed E-state index contributed by atoms with van der Waals surface area (Å²) in [4.78, 5) is 41.2. The van der Waals surface area contributed by atoms with Gasteiger partial charge in [0, 0.05) is 28.5 Å². The molecular weight excluding hydrogens is 495 g/mol. The zero-order valence-corrected chi connectivity index (χ0v) is 20.3. The first-order valence-corrected chi connectivity index (χ1v) is 12.6. The predicted molar refractivity (Wildman–Crippen MR) is 126 cm³/mol. The van der Waals surface area contributed by atoms with Crippen molar-refractivity contribution in [1.82, 2.24) is 5.32 Å². The lowest BCUT2D eigenvalue weighted by Crippen LogP contribution is -2.68. The number of nitro groups is 1. The van der Waals surface area contributed by atoms with Crippen LogP contribution in [0.25, 0.3) is 0 Å². The average Bonchev–Trinajstić information content (AvgIpc) is 3.51. The Balaban J connectivity index is 1.81. The number of piperidine rings is 1. The minimum Gasteiger partial charge on any atom is -0.422 e. The van der Waals surface area contributed by atoms with Crippen LogP contribution in [0, 0.1) is 21.3 Å². The van der Waals surface area contributed by atoms with E-state index in [0.717, 1.165) is 12.1 Å². The molecule has 0 aliphatic carbocycles. The SMILES string of the molecule is CC1(C)OC(=O)C2(C(=O)O1)C(c1cccs1)NC(c1cccs1)C([N+](=O)[O-])C2c1ccc(F)cc1. The molecule has 1 aromatic carbocycles. The van der Waals surface area contributed by atoms with Crippen LogP contribution in [0.1, 0.15) is 47.2 Å². The van der Waals surface area contributed by atoms with Crippen molar-refractivity contribution >= 4 is 34.6 Å². The summed E-state index contributed by atoms with van der Waals surface area (Å²) in [5.74, 6) is -5.24. The van der Waals surface area contributed by atoms with Crippen LogP contribution in [-0.4, -0.2) is 28.7 Å². The number of cyclic esters (lactones) is 2. The summed E-state index contributed by atoms with van der Waals surface area (Å²) < 4.78 is 25.0. The number of thiophene rings is 2. The van der Waals surface area contributed by atoms with E-state index in [2.05, 4.69) is 5.32 Å². The van der Waals surface area contributed by atoms with Crippen LogP contribution < -0.4 is 5.32 Å². The highest BCUT2D eigenvalue weighted by atomic mass is 32.1. The highest BCUT2D eigenvalue weighted by molar-refractivity contribution is 7.10. The molecule has 4 heterocycles. The molecule has 1 spiro atoms. The molecule has 3 aromatic rings. The highest BCUT2D eigenvalue weighted by Gasteiger charge is 2.73. The number of rotatable bonds is 4. The fourth-order valence-electron chi connectivity index (χ4n) is 5.11. The molecule has 5 rings (SSSR count). The molecule has 2 aliphatic heterocycles. The Morgan fingerprint density at radius 1 is 0.971 bits per heavy atom. The van der Waals surface area contributed by atoms with Gasteiger partial charge in [0.15, 0.2) is 5.41 Å². The molecule has 0 saturated carbocycles.